The van der Waals surface area contributed by atoms with E-state index in [1.165, 1.54) is 12.1 Å². The van der Waals surface area contributed by atoms with Gasteiger partial charge in [0.1, 0.15) is 0 Å². The Balaban J connectivity index is 2.92. The van der Waals surface area contributed by atoms with Gasteiger partial charge in [-0.05, 0) is 22.9 Å². The smallest absolute Gasteiger partial charge is 0.166 e. The molecule has 88 valence electrons. The summed E-state index contributed by atoms with van der Waals surface area (Å²) in [6, 6.07) is 5.60. The molecule has 0 aliphatic rings. The predicted molar refractivity (Wildman–Crippen MR) is 62.7 cm³/mol. The number of halogens is 3. The lowest BCUT2D eigenvalue weighted by atomic mass is 10.0. The van der Waals surface area contributed by atoms with Crippen LogP contribution in [0.3, 0.4) is 0 Å². The highest BCUT2D eigenvalue weighted by atomic mass is 32.1. The lowest BCUT2D eigenvalue weighted by molar-refractivity contribution is -0.138. The first-order valence-electron chi connectivity index (χ1n) is 5.12. The van der Waals surface area contributed by atoms with Crippen molar-refractivity contribution in [3.8, 4) is 0 Å². The molecule has 0 amide bonds. The van der Waals surface area contributed by atoms with Crippen molar-refractivity contribution in [1.29, 1.82) is 0 Å². The van der Waals surface area contributed by atoms with E-state index < -0.39 is 11.7 Å². The second kappa shape index (κ2) is 5.43. The minimum absolute atomic E-state index is 0.235. The molecule has 0 aliphatic heterocycles. The maximum atomic E-state index is 12.6. The highest BCUT2D eigenvalue weighted by Crippen LogP contribution is 2.32. The summed E-state index contributed by atoms with van der Waals surface area (Å²) in [5.41, 5.74) is -0.304. The maximum absolute atomic E-state index is 12.6. The van der Waals surface area contributed by atoms with E-state index in [2.05, 4.69) is 0 Å². The van der Waals surface area contributed by atoms with Gasteiger partial charge >= 0.3 is 6.18 Å². The minimum atomic E-state index is -4.29. The molecule has 0 N–H and O–H groups in total. The molecule has 0 nitrogen and oxygen atoms in total. The lowest BCUT2D eigenvalue weighted by Gasteiger charge is -2.12. The van der Waals surface area contributed by atoms with E-state index in [1.807, 2.05) is 6.92 Å². The number of rotatable bonds is 4. The number of alkyl halides is 3. The van der Waals surface area contributed by atoms with Gasteiger partial charge in [0.05, 0.1) is 5.56 Å². The van der Waals surface area contributed by atoms with E-state index >= 15 is 0 Å². The van der Waals surface area contributed by atoms with Gasteiger partial charge in [-0.25, -0.2) is 0 Å². The van der Waals surface area contributed by atoms with Crippen LogP contribution in [0.5, 0.6) is 0 Å². The zero-order valence-electron chi connectivity index (χ0n) is 8.97. The Kier molecular flexibility index (Phi) is 4.47. The Morgan fingerprint density at radius 2 is 1.88 bits per heavy atom. The zero-order chi connectivity index (χ0) is 12.2. The zero-order valence-corrected chi connectivity index (χ0v) is 9.79. The fraction of sp³-hybridized carbons (Fsp3) is 0.417. The van der Waals surface area contributed by atoms with Crippen molar-refractivity contribution < 1.29 is 13.2 Å². The molecular formula is C12H13F3S. The van der Waals surface area contributed by atoms with Gasteiger partial charge in [0.25, 0.3) is 0 Å². The summed E-state index contributed by atoms with van der Waals surface area (Å²) in [4.78, 5) is 0.680. The molecular weight excluding hydrogens is 233 g/mol. The van der Waals surface area contributed by atoms with Gasteiger partial charge in [-0.1, -0.05) is 43.8 Å². The Bertz CT molecular complexity index is 369. The Morgan fingerprint density at radius 3 is 2.44 bits per heavy atom. The van der Waals surface area contributed by atoms with Gasteiger partial charge in [0.15, 0.2) is 0 Å². The second-order valence-corrected chi connectivity index (χ2v) is 4.20. The maximum Gasteiger partial charge on any atom is 0.416 e. The third-order valence-corrected chi connectivity index (χ3v) is 2.59. The van der Waals surface area contributed by atoms with Crippen molar-refractivity contribution in [1.82, 2.24) is 0 Å². The standard InChI is InChI=1S/C12H13F3S/c1-2-5-10(16)8-9-6-3-4-7-11(9)12(13,14)15/h3-4,6-7H,2,5,8H2,1H3. The Hall–Kier alpha value is -0.900. The number of hydrogen-bond acceptors (Lipinski definition) is 1. The highest BCUT2D eigenvalue weighted by Gasteiger charge is 2.32. The van der Waals surface area contributed by atoms with Crippen LogP contribution in [0, 0.1) is 0 Å². The number of thiocarbonyl (C=S) groups is 1. The van der Waals surface area contributed by atoms with Crippen LogP contribution < -0.4 is 0 Å². The molecule has 0 saturated heterocycles. The molecule has 0 unspecified atom stereocenters. The first-order chi connectivity index (χ1) is 7.45. The van der Waals surface area contributed by atoms with E-state index in [-0.39, 0.29) is 12.0 Å². The second-order valence-electron chi connectivity index (χ2n) is 3.62. The third kappa shape index (κ3) is 3.59. The summed E-state index contributed by atoms with van der Waals surface area (Å²) in [7, 11) is 0. The van der Waals surface area contributed by atoms with E-state index in [4.69, 9.17) is 12.2 Å². The average molecular weight is 246 g/mol. The summed E-state index contributed by atoms with van der Waals surface area (Å²) in [6.07, 6.45) is -2.49. The van der Waals surface area contributed by atoms with Crippen molar-refractivity contribution in [2.24, 2.45) is 0 Å². The molecule has 0 saturated carbocycles. The minimum Gasteiger partial charge on any atom is -0.166 e. The van der Waals surface area contributed by atoms with E-state index in [9.17, 15) is 13.2 Å². The highest BCUT2D eigenvalue weighted by molar-refractivity contribution is 7.80. The summed E-state index contributed by atoms with van der Waals surface area (Å²) in [5.74, 6) is 0. The van der Waals surface area contributed by atoms with E-state index in [0.29, 0.717) is 11.3 Å². The fourth-order valence-electron chi connectivity index (χ4n) is 1.53. The summed E-state index contributed by atoms with van der Waals surface area (Å²) < 4.78 is 37.9. The van der Waals surface area contributed by atoms with Gasteiger partial charge in [0.2, 0.25) is 0 Å². The molecule has 0 radical (unpaired) electrons. The quantitative estimate of drug-likeness (QED) is 0.709. The lowest BCUT2D eigenvalue weighted by Crippen LogP contribution is -2.11. The molecule has 1 aromatic rings. The van der Waals surface area contributed by atoms with Crippen LogP contribution in [0.4, 0.5) is 13.2 Å². The molecule has 0 spiro atoms. The van der Waals surface area contributed by atoms with Crippen molar-refractivity contribution in [3.05, 3.63) is 35.4 Å². The summed E-state index contributed by atoms with van der Waals surface area (Å²) >= 11 is 5.05. The first-order valence-corrected chi connectivity index (χ1v) is 5.52. The Labute approximate surface area is 98.5 Å². The van der Waals surface area contributed by atoms with Gasteiger partial charge < -0.3 is 0 Å². The topological polar surface area (TPSA) is 0 Å². The van der Waals surface area contributed by atoms with Crippen LogP contribution in [-0.4, -0.2) is 4.86 Å². The van der Waals surface area contributed by atoms with Crippen molar-refractivity contribution in [2.45, 2.75) is 32.4 Å². The van der Waals surface area contributed by atoms with Gasteiger partial charge in [-0.15, -0.1) is 0 Å². The van der Waals surface area contributed by atoms with Crippen LogP contribution in [0.2, 0.25) is 0 Å². The van der Waals surface area contributed by atoms with E-state index in [0.717, 1.165) is 12.5 Å². The number of benzene rings is 1. The molecule has 0 atom stereocenters. The Morgan fingerprint density at radius 1 is 1.25 bits per heavy atom. The molecule has 0 bridgehead atoms. The van der Waals surface area contributed by atoms with Crippen LogP contribution in [-0.2, 0) is 12.6 Å². The fourth-order valence-corrected chi connectivity index (χ4v) is 1.89. The first kappa shape index (κ1) is 13.2. The van der Waals surface area contributed by atoms with Gasteiger partial charge in [-0.3, -0.25) is 0 Å². The molecule has 0 aliphatic carbocycles. The van der Waals surface area contributed by atoms with Gasteiger partial charge in [0, 0.05) is 6.42 Å². The molecule has 0 aromatic heterocycles. The van der Waals surface area contributed by atoms with Gasteiger partial charge in [-0.2, -0.15) is 13.2 Å². The predicted octanol–water partition coefficient (Wildman–Crippen LogP) is 4.42. The summed E-state index contributed by atoms with van der Waals surface area (Å²) in [5, 5.41) is 0. The van der Waals surface area contributed by atoms with Crippen LogP contribution in [0.25, 0.3) is 0 Å². The number of hydrogen-bond donors (Lipinski definition) is 0. The summed E-state index contributed by atoms with van der Waals surface area (Å²) in [6.45, 7) is 1.96. The molecule has 0 fully saturated rings. The van der Waals surface area contributed by atoms with E-state index in [1.54, 1.807) is 6.07 Å². The van der Waals surface area contributed by atoms with Crippen molar-refractivity contribution >= 4 is 17.1 Å². The molecule has 1 rings (SSSR count). The molecule has 16 heavy (non-hydrogen) atoms. The van der Waals surface area contributed by atoms with Crippen LogP contribution in [0.15, 0.2) is 24.3 Å². The monoisotopic (exact) mass is 246 g/mol. The molecule has 0 heterocycles. The van der Waals surface area contributed by atoms with Crippen LogP contribution in [0.1, 0.15) is 30.9 Å². The third-order valence-electron chi connectivity index (χ3n) is 2.24. The van der Waals surface area contributed by atoms with Crippen molar-refractivity contribution in [3.63, 3.8) is 0 Å². The normalized spacial score (nSPS) is 11.5. The SMILES string of the molecule is CCCC(=S)Cc1ccccc1C(F)(F)F. The van der Waals surface area contributed by atoms with Crippen molar-refractivity contribution in [2.75, 3.05) is 0 Å². The van der Waals surface area contributed by atoms with Crippen LogP contribution >= 0.6 is 12.2 Å². The molecule has 4 heteroatoms. The average Bonchev–Trinajstić information content (AvgIpc) is 2.17. The largest absolute Gasteiger partial charge is 0.416 e. The molecule has 1 aromatic carbocycles.